The van der Waals surface area contributed by atoms with Gasteiger partial charge >= 0.3 is 6.03 Å². The third-order valence-electron chi connectivity index (χ3n) is 0.766. The first kappa shape index (κ1) is 8.23. The highest BCUT2D eigenvalue weighted by atomic mass is 16.5. The molecule has 0 bridgehead atoms. The van der Waals surface area contributed by atoms with E-state index in [1.54, 1.807) is 7.05 Å². The van der Waals surface area contributed by atoms with Crippen LogP contribution in [0, 0.1) is 0 Å². The minimum Gasteiger partial charge on any atom is -0.361 e. The SMILES string of the molecule is CCOCNC(=O)NC. The molecule has 0 atom stereocenters. The number of amides is 2. The second kappa shape index (κ2) is 5.37. The molecule has 0 aromatic heterocycles. The van der Waals surface area contributed by atoms with E-state index in [-0.39, 0.29) is 12.8 Å². The molecule has 2 amide bonds. The van der Waals surface area contributed by atoms with Crippen LogP contribution in [0.25, 0.3) is 0 Å². The maximum atomic E-state index is 10.4. The molecule has 4 nitrogen and oxygen atoms in total. The molecular formula is C5H12N2O2. The van der Waals surface area contributed by atoms with Crippen molar-refractivity contribution >= 4 is 6.03 Å². The summed E-state index contributed by atoms with van der Waals surface area (Å²) in [5.41, 5.74) is 0. The Morgan fingerprint density at radius 3 is 2.78 bits per heavy atom. The normalized spacial score (nSPS) is 8.67. The van der Waals surface area contributed by atoms with E-state index < -0.39 is 0 Å². The lowest BCUT2D eigenvalue weighted by atomic mass is 10.8. The molecule has 0 aliphatic rings. The Balaban J connectivity index is 2.97. The molecule has 0 rings (SSSR count). The predicted octanol–water partition coefficient (Wildman–Crippen LogP) is -0.0906. The molecule has 0 aromatic carbocycles. The van der Waals surface area contributed by atoms with Crippen LogP contribution in [0.2, 0.25) is 0 Å². The summed E-state index contributed by atoms with van der Waals surface area (Å²) in [6.07, 6.45) is 0. The number of carbonyl (C=O) groups is 1. The summed E-state index contributed by atoms with van der Waals surface area (Å²) in [5, 5.41) is 4.85. The second-order valence-corrected chi connectivity index (χ2v) is 1.39. The Kier molecular flexibility index (Phi) is 4.91. The molecule has 4 heteroatoms. The fourth-order valence-electron chi connectivity index (χ4n) is 0.307. The van der Waals surface area contributed by atoms with Gasteiger partial charge < -0.3 is 15.4 Å². The molecule has 54 valence electrons. The number of rotatable bonds is 3. The number of hydrogen-bond donors (Lipinski definition) is 2. The van der Waals surface area contributed by atoms with Crippen LogP contribution in [0.1, 0.15) is 6.92 Å². The Labute approximate surface area is 54.6 Å². The van der Waals surface area contributed by atoms with Gasteiger partial charge in [-0.05, 0) is 6.92 Å². The van der Waals surface area contributed by atoms with Crippen LogP contribution in [0.4, 0.5) is 4.79 Å². The van der Waals surface area contributed by atoms with Gasteiger partial charge in [0.1, 0.15) is 6.73 Å². The van der Waals surface area contributed by atoms with E-state index >= 15 is 0 Å². The van der Waals surface area contributed by atoms with Crippen molar-refractivity contribution in [1.29, 1.82) is 0 Å². The maximum absolute atomic E-state index is 10.4. The van der Waals surface area contributed by atoms with Gasteiger partial charge in [-0.2, -0.15) is 0 Å². The number of ether oxygens (including phenoxy) is 1. The van der Waals surface area contributed by atoms with E-state index in [9.17, 15) is 4.79 Å². The number of carbonyl (C=O) groups excluding carboxylic acids is 1. The zero-order valence-corrected chi connectivity index (χ0v) is 5.73. The number of nitrogens with one attached hydrogen (secondary N) is 2. The van der Waals surface area contributed by atoms with E-state index in [0.717, 1.165) is 0 Å². The Morgan fingerprint density at radius 1 is 1.67 bits per heavy atom. The average molecular weight is 132 g/mol. The maximum Gasteiger partial charge on any atom is 0.316 e. The standard InChI is InChI=1S/C5H12N2O2/c1-3-9-4-7-5(8)6-2/h3-4H2,1-2H3,(H2,6,7,8). The first-order chi connectivity index (χ1) is 4.31. The Hall–Kier alpha value is -0.770. The molecular weight excluding hydrogens is 120 g/mol. The quantitative estimate of drug-likeness (QED) is 0.416. The largest absolute Gasteiger partial charge is 0.361 e. The summed E-state index contributed by atoms with van der Waals surface area (Å²) in [5.74, 6) is 0. The van der Waals surface area contributed by atoms with Crippen LogP contribution in [0.5, 0.6) is 0 Å². The molecule has 9 heavy (non-hydrogen) atoms. The van der Waals surface area contributed by atoms with Crippen LogP contribution in [-0.2, 0) is 4.74 Å². The average Bonchev–Trinajstić information content (AvgIpc) is 1.89. The van der Waals surface area contributed by atoms with Crippen LogP contribution >= 0.6 is 0 Å². The van der Waals surface area contributed by atoms with E-state index in [1.807, 2.05) is 6.92 Å². The van der Waals surface area contributed by atoms with E-state index in [1.165, 1.54) is 0 Å². The van der Waals surface area contributed by atoms with Gasteiger partial charge in [0, 0.05) is 13.7 Å². The summed E-state index contributed by atoms with van der Waals surface area (Å²) >= 11 is 0. The Morgan fingerprint density at radius 2 is 2.33 bits per heavy atom. The fraction of sp³-hybridized carbons (Fsp3) is 0.800. The van der Waals surface area contributed by atoms with E-state index in [0.29, 0.717) is 6.61 Å². The van der Waals surface area contributed by atoms with Crippen molar-refractivity contribution in [3.8, 4) is 0 Å². The van der Waals surface area contributed by atoms with Gasteiger partial charge in [-0.1, -0.05) is 0 Å². The zero-order valence-electron chi connectivity index (χ0n) is 5.73. The molecule has 0 aromatic rings. The summed E-state index contributed by atoms with van der Waals surface area (Å²) in [4.78, 5) is 10.4. The highest BCUT2D eigenvalue weighted by Crippen LogP contribution is 1.66. The van der Waals surface area contributed by atoms with Gasteiger partial charge in [-0.25, -0.2) is 4.79 Å². The smallest absolute Gasteiger partial charge is 0.316 e. The third-order valence-corrected chi connectivity index (χ3v) is 0.766. The van der Waals surface area contributed by atoms with E-state index in [2.05, 4.69) is 10.6 Å². The van der Waals surface area contributed by atoms with Gasteiger partial charge in [-0.3, -0.25) is 0 Å². The molecule has 0 heterocycles. The first-order valence-corrected chi connectivity index (χ1v) is 2.84. The zero-order chi connectivity index (χ0) is 7.11. The fourth-order valence-corrected chi connectivity index (χ4v) is 0.307. The molecule has 0 radical (unpaired) electrons. The van der Waals surface area contributed by atoms with E-state index in [4.69, 9.17) is 4.74 Å². The van der Waals surface area contributed by atoms with Gasteiger partial charge in [0.2, 0.25) is 0 Å². The number of urea groups is 1. The van der Waals surface area contributed by atoms with Gasteiger partial charge in [-0.15, -0.1) is 0 Å². The highest BCUT2D eigenvalue weighted by molar-refractivity contribution is 5.73. The van der Waals surface area contributed by atoms with Crippen molar-refractivity contribution in [3.63, 3.8) is 0 Å². The van der Waals surface area contributed by atoms with Crippen molar-refractivity contribution in [1.82, 2.24) is 10.6 Å². The topological polar surface area (TPSA) is 50.4 Å². The van der Waals surface area contributed by atoms with Crippen LogP contribution in [0.15, 0.2) is 0 Å². The molecule has 0 unspecified atom stereocenters. The lowest BCUT2D eigenvalue weighted by Gasteiger charge is -2.02. The molecule has 0 saturated carbocycles. The highest BCUT2D eigenvalue weighted by Gasteiger charge is 1.90. The van der Waals surface area contributed by atoms with Gasteiger partial charge in [0.25, 0.3) is 0 Å². The van der Waals surface area contributed by atoms with Gasteiger partial charge in [0.05, 0.1) is 0 Å². The Bertz CT molecular complexity index is 85.0. The number of hydrogen-bond acceptors (Lipinski definition) is 2. The summed E-state index contributed by atoms with van der Waals surface area (Å²) in [6, 6.07) is -0.219. The van der Waals surface area contributed by atoms with Crippen LogP contribution in [-0.4, -0.2) is 26.4 Å². The minimum atomic E-state index is -0.219. The molecule has 0 saturated heterocycles. The first-order valence-electron chi connectivity index (χ1n) is 2.84. The summed E-state index contributed by atoms with van der Waals surface area (Å²) < 4.78 is 4.83. The second-order valence-electron chi connectivity index (χ2n) is 1.39. The van der Waals surface area contributed by atoms with Gasteiger partial charge in [0.15, 0.2) is 0 Å². The summed E-state index contributed by atoms with van der Waals surface area (Å²) in [6.45, 7) is 2.76. The monoisotopic (exact) mass is 132 g/mol. The van der Waals surface area contributed by atoms with Crippen LogP contribution < -0.4 is 10.6 Å². The third kappa shape index (κ3) is 5.10. The lowest BCUT2D eigenvalue weighted by Crippen LogP contribution is -2.34. The predicted molar refractivity (Wildman–Crippen MR) is 34.1 cm³/mol. The molecule has 2 N–H and O–H groups in total. The van der Waals surface area contributed by atoms with Crippen molar-refractivity contribution < 1.29 is 9.53 Å². The van der Waals surface area contributed by atoms with Crippen LogP contribution in [0.3, 0.4) is 0 Å². The molecule has 0 aliphatic carbocycles. The molecule has 0 aliphatic heterocycles. The summed E-state index contributed by atoms with van der Waals surface area (Å²) in [7, 11) is 1.56. The van der Waals surface area contributed by atoms with Crippen molar-refractivity contribution in [2.75, 3.05) is 20.4 Å². The molecule has 0 fully saturated rings. The minimum absolute atomic E-state index is 0.219. The lowest BCUT2D eigenvalue weighted by molar-refractivity contribution is 0.132. The molecule has 0 spiro atoms. The van der Waals surface area contributed by atoms with Crippen molar-refractivity contribution in [2.24, 2.45) is 0 Å². The van der Waals surface area contributed by atoms with Crippen molar-refractivity contribution in [2.45, 2.75) is 6.92 Å². The van der Waals surface area contributed by atoms with Crippen molar-refractivity contribution in [3.05, 3.63) is 0 Å².